The van der Waals surface area contributed by atoms with Crippen molar-refractivity contribution in [3.05, 3.63) is 66.4 Å². The summed E-state index contributed by atoms with van der Waals surface area (Å²) in [6, 6.07) is 9.78. The molecule has 8 nitrogen and oxygen atoms in total. The highest BCUT2D eigenvalue weighted by Crippen LogP contribution is 2.16. The quantitative estimate of drug-likeness (QED) is 0.748. The van der Waals surface area contributed by atoms with Gasteiger partial charge in [-0.25, -0.2) is 19.9 Å². The van der Waals surface area contributed by atoms with Gasteiger partial charge in [-0.2, -0.15) is 0 Å². The van der Waals surface area contributed by atoms with E-state index in [2.05, 4.69) is 30.2 Å². The van der Waals surface area contributed by atoms with Crippen LogP contribution in [0, 0.1) is 6.92 Å². The van der Waals surface area contributed by atoms with Crippen molar-refractivity contribution in [2.24, 2.45) is 0 Å². The molecule has 1 saturated heterocycles. The summed E-state index contributed by atoms with van der Waals surface area (Å²) < 4.78 is 0. The fourth-order valence-electron chi connectivity index (χ4n) is 3.10. The van der Waals surface area contributed by atoms with Crippen LogP contribution in [0.3, 0.4) is 0 Å². The molecular formula is C20H21N7O. The first kappa shape index (κ1) is 17.8. The summed E-state index contributed by atoms with van der Waals surface area (Å²) in [5.41, 5.74) is 2.44. The van der Waals surface area contributed by atoms with Gasteiger partial charge in [0.1, 0.15) is 11.5 Å². The van der Waals surface area contributed by atoms with Crippen molar-refractivity contribution in [1.82, 2.24) is 24.8 Å². The van der Waals surface area contributed by atoms with Crippen LogP contribution in [0.25, 0.3) is 0 Å². The van der Waals surface area contributed by atoms with E-state index in [0.717, 1.165) is 11.3 Å². The number of anilines is 3. The van der Waals surface area contributed by atoms with Crippen LogP contribution in [0.5, 0.6) is 0 Å². The maximum Gasteiger partial charge on any atom is 0.274 e. The smallest absolute Gasteiger partial charge is 0.274 e. The van der Waals surface area contributed by atoms with Crippen molar-refractivity contribution in [1.29, 1.82) is 0 Å². The van der Waals surface area contributed by atoms with Gasteiger partial charge in [-0.3, -0.25) is 4.79 Å². The molecule has 2 aromatic heterocycles. The van der Waals surface area contributed by atoms with Crippen LogP contribution in [-0.4, -0.2) is 56.9 Å². The molecule has 1 fully saturated rings. The monoisotopic (exact) mass is 375 g/mol. The Morgan fingerprint density at radius 1 is 0.964 bits per heavy atom. The highest BCUT2D eigenvalue weighted by atomic mass is 16.2. The molecule has 0 radical (unpaired) electrons. The van der Waals surface area contributed by atoms with E-state index in [1.807, 2.05) is 31.2 Å². The molecular weight excluding hydrogens is 354 g/mol. The number of piperazine rings is 1. The van der Waals surface area contributed by atoms with E-state index in [4.69, 9.17) is 0 Å². The maximum atomic E-state index is 12.7. The van der Waals surface area contributed by atoms with Crippen molar-refractivity contribution >= 4 is 23.4 Å². The second-order valence-electron chi connectivity index (χ2n) is 6.61. The molecule has 28 heavy (non-hydrogen) atoms. The van der Waals surface area contributed by atoms with E-state index in [1.54, 1.807) is 29.6 Å². The Hall–Kier alpha value is -3.55. The average Bonchev–Trinajstić information content (AvgIpc) is 2.75. The largest absolute Gasteiger partial charge is 0.339 e. The first-order valence-electron chi connectivity index (χ1n) is 9.16. The first-order chi connectivity index (χ1) is 13.7. The summed E-state index contributed by atoms with van der Waals surface area (Å²) in [5, 5.41) is 3.20. The Morgan fingerprint density at radius 3 is 2.43 bits per heavy atom. The van der Waals surface area contributed by atoms with Gasteiger partial charge in [-0.15, -0.1) is 0 Å². The summed E-state index contributed by atoms with van der Waals surface area (Å²) in [6.45, 7) is 4.61. The number of benzene rings is 1. The average molecular weight is 375 g/mol. The van der Waals surface area contributed by atoms with Crippen LogP contribution in [0.4, 0.5) is 17.5 Å². The number of hydrogen-bond acceptors (Lipinski definition) is 7. The molecule has 0 unspecified atom stereocenters. The van der Waals surface area contributed by atoms with E-state index < -0.39 is 0 Å². The molecule has 0 bridgehead atoms. The third kappa shape index (κ3) is 4.06. The highest BCUT2D eigenvalue weighted by Gasteiger charge is 2.24. The molecule has 1 aliphatic rings. The SMILES string of the molecule is Cc1cccc(Nc2cnc(C(=O)N3CCN(c4ncccn4)CC3)cn2)c1. The molecule has 142 valence electrons. The number of aryl methyl sites for hydroxylation is 1. The zero-order chi connectivity index (χ0) is 19.3. The second kappa shape index (κ2) is 7.99. The van der Waals surface area contributed by atoms with Gasteiger partial charge in [0.05, 0.1) is 12.4 Å². The lowest BCUT2D eigenvalue weighted by molar-refractivity contribution is 0.0740. The van der Waals surface area contributed by atoms with Crippen LogP contribution in [0.2, 0.25) is 0 Å². The van der Waals surface area contributed by atoms with Gasteiger partial charge in [0, 0.05) is 44.3 Å². The molecule has 0 atom stereocenters. The number of amides is 1. The van der Waals surface area contributed by atoms with E-state index in [0.29, 0.717) is 43.6 Å². The van der Waals surface area contributed by atoms with Crippen molar-refractivity contribution < 1.29 is 4.79 Å². The molecule has 0 spiro atoms. The predicted octanol–water partition coefficient (Wildman–Crippen LogP) is 2.28. The van der Waals surface area contributed by atoms with E-state index in [-0.39, 0.29) is 5.91 Å². The number of aromatic nitrogens is 4. The van der Waals surface area contributed by atoms with Crippen molar-refractivity contribution in [3.8, 4) is 0 Å². The number of nitrogens with one attached hydrogen (secondary N) is 1. The molecule has 4 rings (SSSR count). The normalized spacial score (nSPS) is 14.0. The molecule has 1 N–H and O–H groups in total. The Kier molecular flexibility index (Phi) is 5.09. The lowest BCUT2D eigenvalue weighted by Gasteiger charge is -2.34. The zero-order valence-electron chi connectivity index (χ0n) is 15.6. The van der Waals surface area contributed by atoms with Crippen molar-refractivity contribution in [2.45, 2.75) is 6.92 Å². The Labute approximate surface area is 163 Å². The van der Waals surface area contributed by atoms with Crippen LogP contribution >= 0.6 is 0 Å². The Balaban J connectivity index is 1.36. The number of rotatable bonds is 4. The summed E-state index contributed by atoms with van der Waals surface area (Å²) in [5.74, 6) is 1.19. The van der Waals surface area contributed by atoms with Gasteiger partial charge in [-0.1, -0.05) is 12.1 Å². The minimum absolute atomic E-state index is 0.108. The van der Waals surface area contributed by atoms with Crippen LogP contribution in [0.15, 0.2) is 55.1 Å². The molecule has 8 heteroatoms. The molecule has 1 amide bonds. The Bertz CT molecular complexity index is 938. The van der Waals surface area contributed by atoms with E-state index in [1.165, 1.54) is 6.20 Å². The summed E-state index contributed by atoms with van der Waals surface area (Å²) in [7, 11) is 0. The molecule has 0 aliphatic carbocycles. The minimum Gasteiger partial charge on any atom is -0.339 e. The number of carbonyl (C=O) groups excluding carboxylic acids is 1. The third-order valence-corrected chi connectivity index (χ3v) is 4.56. The van der Waals surface area contributed by atoms with Gasteiger partial charge in [0.25, 0.3) is 5.91 Å². The molecule has 0 saturated carbocycles. The maximum absolute atomic E-state index is 12.7. The molecule has 1 aromatic carbocycles. The first-order valence-corrected chi connectivity index (χ1v) is 9.16. The van der Waals surface area contributed by atoms with E-state index >= 15 is 0 Å². The molecule has 1 aliphatic heterocycles. The lowest BCUT2D eigenvalue weighted by Crippen LogP contribution is -2.49. The summed E-state index contributed by atoms with van der Waals surface area (Å²) >= 11 is 0. The predicted molar refractivity (Wildman–Crippen MR) is 107 cm³/mol. The molecule has 3 heterocycles. The standard InChI is InChI=1S/C20H21N7O/c1-15-4-2-5-16(12-15)25-18-14-23-17(13-24-18)19(28)26-8-10-27(11-9-26)20-21-6-3-7-22-20/h2-7,12-14H,8-11H2,1H3,(H,24,25). The van der Waals surface area contributed by atoms with Gasteiger partial charge in [0.15, 0.2) is 0 Å². The van der Waals surface area contributed by atoms with Crippen LogP contribution in [0.1, 0.15) is 16.1 Å². The van der Waals surface area contributed by atoms with Crippen molar-refractivity contribution in [3.63, 3.8) is 0 Å². The topological polar surface area (TPSA) is 87.1 Å². The Morgan fingerprint density at radius 2 is 1.75 bits per heavy atom. The van der Waals surface area contributed by atoms with Gasteiger partial charge in [-0.05, 0) is 30.7 Å². The lowest BCUT2D eigenvalue weighted by atomic mass is 10.2. The third-order valence-electron chi connectivity index (χ3n) is 4.56. The zero-order valence-corrected chi connectivity index (χ0v) is 15.6. The number of hydrogen-bond donors (Lipinski definition) is 1. The van der Waals surface area contributed by atoms with Crippen LogP contribution in [-0.2, 0) is 0 Å². The fourth-order valence-corrected chi connectivity index (χ4v) is 3.10. The van der Waals surface area contributed by atoms with Gasteiger partial charge in [0.2, 0.25) is 5.95 Å². The van der Waals surface area contributed by atoms with Crippen LogP contribution < -0.4 is 10.2 Å². The van der Waals surface area contributed by atoms with E-state index in [9.17, 15) is 4.79 Å². The van der Waals surface area contributed by atoms with Gasteiger partial charge < -0.3 is 15.1 Å². The minimum atomic E-state index is -0.108. The summed E-state index contributed by atoms with van der Waals surface area (Å²) in [4.78, 5) is 33.7. The number of nitrogens with zero attached hydrogens (tertiary/aromatic N) is 6. The summed E-state index contributed by atoms with van der Waals surface area (Å²) in [6.07, 6.45) is 6.56. The highest BCUT2D eigenvalue weighted by molar-refractivity contribution is 5.92. The number of carbonyl (C=O) groups is 1. The fraction of sp³-hybridized carbons (Fsp3) is 0.250. The molecule has 3 aromatic rings. The van der Waals surface area contributed by atoms with Crippen molar-refractivity contribution in [2.75, 3.05) is 36.4 Å². The van der Waals surface area contributed by atoms with Gasteiger partial charge >= 0.3 is 0 Å². The second-order valence-corrected chi connectivity index (χ2v) is 6.61.